The number of aromatic nitrogens is 2. The second-order valence-corrected chi connectivity index (χ2v) is 9.70. The number of hydrogen-bond acceptors (Lipinski definition) is 6. The molecule has 0 aliphatic carbocycles. The van der Waals surface area contributed by atoms with E-state index in [0.717, 1.165) is 10.4 Å². The number of primary amides is 1. The number of nitrogens with two attached hydrogens (primary N) is 2. The number of benzene rings is 2. The van der Waals surface area contributed by atoms with Gasteiger partial charge in [-0.15, -0.1) is 0 Å². The number of nitrogen functional groups attached to an aromatic ring is 1. The minimum atomic E-state index is -1.27. The number of H-pyrrole nitrogens is 1. The topological polar surface area (TPSA) is 147 Å². The molecule has 0 saturated carbocycles. The van der Waals surface area contributed by atoms with Gasteiger partial charge in [0.15, 0.2) is 5.69 Å². The lowest BCUT2D eigenvalue weighted by Crippen LogP contribution is -2.44. The van der Waals surface area contributed by atoms with Gasteiger partial charge in [-0.3, -0.25) is 19.3 Å². The van der Waals surface area contributed by atoms with Gasteiger partial charge in [-0.2, -0.15) is 4.37 Å². The molecule has 4 rings (SSSR count). The highest BCUT2D eigenvalue weighted by molar-refractivity contribution is 7.09. The molecule has 37 heavy (non-hydrogen) atoms. The molecule has 0 bridgehead atoms. The first kappa shape index (κ1) is 25.8. The van der Waals surface area contributed by atoms with E-state index in [2.05, 4.69) is 14.7 Å². The Morgan fingerprint density at radius 1 is 1.14 bits per heavy atom. The summed E-state index contributed by atoms with van der Waals surface area (Å²) < 4.78 is 19.2. The summed E-state index contributed by atoms with van der Waals surface area (Å²) in [6.07, 6.45) is 2.34. The van der Waals surface area contributed by atoms with Gasteiger partial charge in [0.1, 0.15) is 16.7 Å². The minimum Gasteiger partial charge on any atom is -0.395 e. The number of para-hydroxylation sites is 2. The Balaban J connectivity index is 1.91. The average Bonchev–Trinajstić information content (AvgIpc) is 3.46. The fourth-order valence-corrected chi connectivity index (χ4v) is 4.79. The number of rotatable bonds is 9. The van der Waals surface area contributed by atoms with E-state index in [1.165, 1.54) is 18.2 Å². The Kier molecular flexibility index (Phi) is 7.53. The van der Waals surface area contributed by atoms with Gasteiger partial charge < -0.3 is 21.8 Å². The number of fused-ring (bicyclic) bond motifs is 1. The van der Waals surface area contributed by atoms with Crippen molar-refractivity contribution in [3.05, 3.63) is 76.7 Å². The smallest absolute Gasteiger partial charge is 0.273 e. The number of halogens is 1. The summed E-state index contributed by atoms with van der Waals surface area (Å²) in [5.74, 6) is -2.57. The summed E-state index contributed by atoms with van der Waals surface area (Å²) >= 11 is 0.664. The molecule has 6 N–H and O–H groups in total. The van der Waals surface area contributed by atoms with Crippen LogP contribution >= 0.6 is 11.5 Å². The van der Waals surface area contributed by atoms with Crippen LogP contribution in [0.15, 0.2) is 54.7 Å². The Hall–Kier alpha value is -4.25. The quantitative estimate of drug-likeness (QED) is 0.262. The minimum absolute atomic E-state index is 0.128. The molecule has 2 aromatic heterocycles. The molecule has 9 nitrogen and oxygen atoms in total. The maximum atomic E-state index is 15.2. The maximum absolute atomic E-state index is 15.2. The van der Waals surface area contributed by atoms with Crippen molar-refractivity contribution in [2.24, 2.45) is 11.7 Å². The first-order chi connectivity index (χ1) is 17.7. The molecule has 2 heterocycles. The highest BCUT2D eigenvalue weighted by Crippen LogP contribution is 2.36. The van der Waals surface area contributed by atoms with E-state index in [1.54, 1.807) is 12.3 Å². The molecule has 0 aliphatic heterocycles. The molecule has 192 valence electrons. The second-order valence-electron chi connectivity index (χ2n) is 8.93. The van der Waals surface area contributed by atoms with E-state index in [-0.39, 0.29) is 21.9 Å². The van der Waals surface area contributed by atoms with Crippen molar-refractivity contribution in [3.63, 3.8) is 0 Å². The highest BCUT2D eigenvalue weighted by Gasteiger charge is 2.38. The zero-order valence-corrected chi connectivity index (χ0v) is 21.1. The number of nitrogens with one attached hydrogen (secondary N) is 2. The van der Waals surface area contributed by atoms with Crippen molar-refractivity contribution in [1.29, 1.82) is 0 Å². The van der Waals surface area contributed by atoms with Crippen LogP contribution in [0, 0.1) is 11.7 Å². The molecule has 1 atom stereocenters. The number of carbonyl (C=O) groups is 3. The van der Waals surface area contributed by atoms with E-state index >= 15 is 4.39 Å². The fourth-order valence-electron chi connectivity index (χ4n) is 4.05. The summed E-state index contributed by atoms with van der Waals surface area (Å²) in [7, 11) is 0. The van der Waals surface area contributed by atoms with Crippen LogP contribution in [0.1, 0.15) is 52.0 Å². The van der Waals surface area contributed by atoms with Crippen molar-refractivity contribution < 1.29 is 18.8 Å². The molecule has 3 amide bonds. The standard InChI is InChI=1S/C26H27FN6O3S/c1-14(2)11-12-30-25(35)22(16-13-31-18-9-5-3-7-15(16)18)33(19-10-6-4-8-17(19)27)26(36)23-20(28)21(24(29)34)32-37-23/h3-10,13-14,22,31H,11-12,28H2,1-2H3,(H2,29,34)(H,30,35)/t22-/m0/s1. The van der Waals surface area contributed by atoms with Crippen LogP contribution in [-0.4, -0.2) is 33.6 Å². The van der Waals surface area contributed by atoms with Gasteiger partial charge >= 0.3 is 0 Å². The normalized spacial score (nSPS) is 12.0. The predicted molar refractivity (Wildman–Crippen MR) is 142 cm³/mol. The lowest BCUT2D eigenvalue weighted by atomic mass is 10.0. The molecule has 0 fully saturated rings. The number of hydrogen-bond donors (Lipinski definition) is 4. The molecular formula is C26H27FN6O3S. The molecular weight excluding hydrogens is 495 g/mol. The number of nitrogens with zero attached hydrogens (tertiary/aromatic N) is 2. The van der Waals surface area contributed by atoms with Crippen LogP contribution in [0.5, 0.6) is 0 Å². The summed E-state index contributed by atoms with van der Waals surface area (Å²) in [6, 6.07) is 11.7. The van der Waals surface area contributed by atoms with Gasteiger partial charge in [0, 0.05) is 29.2 Å². The summed E-state index contributed by atoms with van der Waals surface area (Å²) in [5, 5.41) is 3.58. The van der Waals surface area contributed by atoms with Crippen LogP contribution in [0.25, 0.3) is 10.9 Å². The first-order valence-electron chi connectivity index (χ1n) is 11.7. The SMILES string of the molecule is CC(C)CCNC(=O)[C@H](c1c[nH]c2ccccc12)N(C(=O)c1snc(C(N)=O)c1N)c1ccccc1F. The monoisotopic (exact) mass is 522 g/mol. The molecule has 11 heteroatoms. The number of amides is 3. The van der Waals surface area contributed by atoms with Crippen molar-refractivity contribution in [2.45, 2.75) is 26.3 Å². The summed E-state index contributed by atoms with van der Waals surface area (Å²) in [4.78, 5) is 43.6. The predicted octanol–water partition coefficient (Wildman–Crippen LogP) is 4.00. The van der Waals surface area contributed by atoms with Gasteiger partial charge in [-0.1, -0.05) is 44.2 Å². The van der Waals surface area contributed by atoms with E-state index in [0.29, 0.717) is 41.4 Å². The number of anilines is 2. The first-order valence-corrected chi connectivity index (χ1v) is 12.4. The molecule has 0 aliphatic rings. The molecule has 0 spiro atoms. The third kappa shape index (κ3) is 5.17. The Morgan fingerprint density at radius 2 is 1.84 bits per heavy atom. The van der Waals surface area contributed by atoms with Crippen LogP contribution in [0.2, 0.25) is 0 Å². The Labute approximate surface area is 216 Å². The molecule has 0 saturated heterocycles. The molecule has 2 aromatic carbocycles. The number of aromatic amines is 1. The lowest BCUT2D eigenvalue weighted by Gasteiger charge is -2.31. The van der Waals surface area contributed by atoms with Crippen molar-refractivity contribution >= 4 is 51.5 Å². The van der Waals surface area contributed by atoms with Gasteiger partial charge in [-0.25, -0.2) is 4.39 Å². The molecule has 0 unspecified atom stereocenters. The van der Waals surface area contributed by atoms with Crippen molar-refractivity contribution in [3.8, 4) is 0 Å². The van der Waals surface area contributed by atoms with Crippen LogP contribution in [-0.2, 0) is 4.79 Å². The van der Waals surface area contributed by atoms with Gasteiger partial charge in [0.25, 0.3) is 11.8 Å². The van der Waals surface area contributed by atoms with Crippen LogP contribution in [0.3, 0.4) is 0 Å². The van der Waals surface area contributed by atoms with Gasteiger partial charge in [0.2, 0.25) is 5.91 Å². The van der Waals surface area contributed by atoms with E-state index < -0.39 is 29.6 Å². The zero-order valence-electron chi connectivity index (χ0n) is 20.3. The second kappa shape index (κ2) is 10.8. The van der Waals surface area contributed by atoms with Crippen LogP contribution < -0.4 is 21.7 Å². The summed E-state index contributed by atoms with van der Waals surface area (Å²) in [6.45, 7) is 4.42. The third-order valence-electron chi connectivity index (χ3n) is 5.93. The lowest BCUT2D eigenvalue weighted by molar-refractivity contribution is -0.122. The Bertz CT molecular complexity index is 1460. The van der Waals surface area contributed by atoms with Gasteiger partial charge in [-0.05, 0) is 42.1 Å². The van der Waals surface area contributed by atoms with Crippen molar-refractivity contribution in [1.82, 2.24) is 14.7 Å². The van der Waals surface area contributed by atoms with E-state index in [4.69, 9.17) is 11.5 Å². The molecule has 4 aromatic rings. The largest absolute Gasteiger partial charge is 0.395 e. The zero-order chi connectivity index (χ0) is 26.7. The highest BCUT2D eigenvalue weighted by atomic mass is 32.1. The molecule has 0 radical (unpaired) electrons. The average molecular weight is 523 g/mol. The van der Waals surface area contributed by atoms with Crippen LogP contribution in [0.4, 0.5) is 15.8 Å². The third-order valence-corrected chi connectivity index (χ3v) is 6.78. The van der Waals surface area contributed by atoms with E-state index in [1.807, 2.05) is 38.1 Å². The van der Waals surface area contributed by atoms with E-state index in [9.17, 15) is 14.4 Å². The fraction of sp³-hybridized carbons (Fsp3) is 0.231. The number of carbonyl (C=O) groups excluding carboxylic acids is 3. The van der Waals surface area contributed by atoms with Crippen molar-refractivity contribution in [2.75, 3.05) is 17.2 Å². The van der Waals surface area contributed by atoms with Gasteiger partial charge in [0.05, 0.1) is 11.4 Å². The maximum Gasteiger partial charge on any atom is 0.273 e. The summed E-state index contributed by atoms with van der Waals surface area (Å²) in [5.41, 5.74) is 12.0. The Morgan fingerprint density at radius 3 is 2.51 bits per heavy atom.